The molecule has 0 saturated heterocycles. The molecule has 0 radical (unpaired) electrons. The molecule has 0 saturated carbocycles. The minimum atomic E-state index is -0.523. The third-order valence-electron chi connectivity index (χ3n) is 3.01. The first-order valence-corrected chi connectivity index (χ1v) is 6.02. The molecule has 2 amide bonds. The second-order valence-electron chi connectivity index (χ2n) is 4.40. The van der Waals surface area contributed by atoms with E-state index in [1.165, 1.54) is 6.07 Å². The molecule has 94 valence electrons. The Morgan fingerprint density at radius 2 is 2.00 bits per heavy atom. The van der Waals surface area contributed by atoms with Gasteiger partial charge in [-0.3, -0.25) is 9.59 Å². The molecule has 18 heavy (non-hydrogen) atoms. The normalized spacial score (nSPS) is 18.3. The number of nitrogens with two attached hydrogens (primary N) is 1. The lowest BCUT2D eigenvalue weighted by molar-refractivity contribution is 0.0934. The van der Waals surface area contributed by atoms with E-state index in [1.807, 2.05) is 0 Å². The van der Waals surface area contributed by atoms with Crippen molar-refractivity contribution >= 4 is 11.8 Å². The van der Waals surface area contributed by atoms with Crippen LogP contribution < -0.4 is 11.1 Å². The van der Waals surface area contributed by atoms with Crippen LogP contribution in [0.3, 0.4) is 0 Å². The maximum absolute atomic E-state index is 12.0. The first-order chi connectivity index (χ1) is 8.66. The molecule has 3 N–H and O–H groups in total. The minimum absolute atomic E-state index is 0.154. The summed E-state index contributed by atoms with van der Waals surface area (Å²) in [5.41, 5.74) is 6.01. The van der Waals surface area contributed by atoms with Crippen molar-refractivity contribution < 1.29 is 9.59 Å². The van der Waals surface area contributed by atoms with Gasteiger partial charge in [0, 0.05) is 17.2 Å². The van der Waals surface area contributed by atoms with Crippen LogP contribution in [-0.4, -0.2) is 17.9 Å². The van der Waals surface area contributed by atoms with E-state index in [0.717, 1.165) is 19.3 Å². The van der Waals surface area contributed by atoms with Gasteiger partial charge in [0.2, 0.25) is 5.91 Å². The molecule has 0 spiro atoms. The Morgan fingerprint density at radius 1 is 1.22 bits per heavy atom. The fraction of sp³-hybridized carbons (Fsp3) is 0.286. The number of allylic oxidation sites excluding steroid dienone is 1. The topological polar surface area (TPSA) is 72.2 Å². The van der Waals surface area contributed by atoms with E-state index >= 15 is 0 Å². The van der Waals surface area contributed by atoms with Gasteiger partial charge in [0.05, 0.1) is 0 Å². The molecule has 1 atom stereocenters. The van der Waals surface area contributed by atoms with E-state index in [0.29, 0.717) is 11.1 Å². The molecule has 0 heterocycles. The molecule has 1 aromatic carbocycles. The van der Waals surface area contributed by atoms with Crippen molar-refractivity contribution in [3.8, 4) is 0 Å². The highest BCUT2D eigenvalue weighted by Gasteiger charge is 2.14. The van der Waals surface area contributed by atoms with Gasteiger partial charge in [0.25, 0.3) is 5.91 Å². The Kier molecular flexibility index (Phi) is 3.77. The fourth-order valence-corrected chi connectivity index (χ4v) is 2.01. The predicted octanol–water partition coefficient (Wildman–Crippen LogP) is 1.62. The second-order valence-corrected chi connectivity index (χ2v) is 4.40. The van der Waals surface area contributed by atoms with E-state index < -0.39 is 5.91 Å². The second kappa shape index (κ2) is 5.49. The van der Waals surface area contributed by atoms with Crippen LogP contribution in [-0.2, 0) is 0 Å². The van der Waals surface area contributed by atoms with Gasteiger partial charge < -0.3 is 11.1 Å². The van der Waals surface area contributed by atoms with Crippen LogP contribution in [0.4, 0.5) is 0 Å². The third kappa shape index (κ3) is 2.97. The predicted molar refractivity (Wildman–Crippen MR) is 69.2 cm³/mol. The summed E-state index contributed by atoms with van der Waals surface area (Å²) < 4.78 is 0. The number of carbonyl (C=O) groups excluding carboxylic acids is 2. The number of hydrogen-bond donors (Lipinski definition) is 2. The van der Waals surface area contributed by atoms with Gasteiger partial charge in [-0.05, 0) is 37.5 Å². The van der Waals surface area contributed by atoms with Crippen LogP contribution in [0.1, 0.15) is 40.0 Å². The van der Waals surface area contributed by atoms with Crippen LogP contribution in [0.15, 0.2) is 36.4 Å². The first-order valence-electron chi connectivity index (χ1n) is 6.02. The minimum Gasteiger partial charge on any atom is -0.366 e. The van der Waals surface area contributed by atoms with E-state index in [1.54, 1.807) is 18.2 Å². The smallest absolute Gasteiger partial charge is 0.251 e. The van der Waals surface area contributed by atoms with Crippen molar-refractivity contribution in [1.29, 1.82) is 0 Å². The zero-order valence-electron chi connectivity index (χ0n) is 10.1. The Hall–Kier alpha value is -2.10. The number of primary amides is 1. The molecule has 4 heteroatoms. The Balaban J connectivity index is 2.06. The van der Waals surface area contributed by atoms with Crippen LogP contribution in [0.2, 0.25) is 0 Å². The third-order valence-corrected chi connectivity index (χ3v) is 3.01. The molecular weight excluding hydrogens is 228 g/mol. The summed E-state index contributed by atoms with van der Waals surface area (Å²) in [5.74, 6) is -0.677. The van der Waals surface area contributed by atoms with Crippen LogP contribution in [0, 0.1) is 0 Å². The van der Waals surface area contributed by atoms with Gasteiger partial charge in [-0.15, -0.1) is 0 Å². The lowest BCUT2D eigenvalue weighted by Gasteiger charge is -2.19. The Labute approximate surface area is 106 Å². The molecule has 0 bridgehead atoms. The molecule has 0 aliphatic heterocycles. The first kappa shape index (κ1) is 12.4. The number of amides is 2. The standard InChI is InChI=1S/C14H16N2O2/c15-13(17)10-5-4-6-11(9-10)14(18)16-12-7-2-1-3-8-12/h1-2,4-6,9,12H,3,7-8H2,(H2,15,17)(H,16,18). The quantitative estimate of drug-likeness (QED) is 0.793. The highest BCUT2D eigenvalue weighted by atomic mass is 16.2. The van der Waals surface area contributed by atoms with Crippen molar-refractivity contribution in [1.82, 2.24) is 5.32 Å². The van der Waals surface area contributed by atoms with Crippen molar-refractivity contribution in [2.24, 2.45) is 5.73 Å². The van der Waals surface area contributed by atoms with Gasteiger partial charge in [-0.25, -0.2) is 0 Å². The largest absolute Gasteiger partial charge is 0.366 e. The molecule has 0 fully saturated rings. The summed E-state index contributed by atoms with van der Waals surface area (Å²) in [5, 5.41) is 2.96. The number of rotatable bonds is 3. The number of nitrogens with one attached hydrogen (secondary N) is 1. The van der Waals surface area contributed by atoms with Gasteiger partial charge in [0.15, 0.2) is 0 Å². The number of carbonyl (C=O) groups is 2. The van der Waals surface area contributed by atoms with Gasteiger partial charge >= 0.3 is 0 Å². The van der Waals surface area contributed by atoms with Crippen molar-refractivity contribution in [3.63, 3.8) is 0 Å². The summed E-state index contributed by atoms with van der Waals surface area (Å²) >= 11 is 0. The van der Waals surface area contributed by atoms with E-state index in [4.69, 9.17) is 5.73 Å². The zero-order chi connectivity index (χ0) is 13.0. The maximum atomic E-state index is 12.0. The van der Waals surface area contributed by atoms with Crippen LogP contribution in [0.25, 0.3) is 0 Å². The van der Waals surface area contributed by atoms with E-state index in [9.17, 15) is 9.59 Å². The summed E-state index contributed by atoms with van der Waals surface area (Å²) in [4.78, 5) is 23.0. The highest BCUT2D eigenvalue weighted by molar-refractivity contribution is 5.99. The highest BCUT2D eigenvalue weighted by Crippen LogP contribution is 2.12. The molecule has 1 aliphatic rings. The maximum Gasteiger partial charge on any atom is 0.251 e. The van der Waals surface area contributed by atoms with Crippen molar-refractivity contribution in [2.75, 3.05) is 0 Å². The van der Waals surface area contributed by atoms with Crippen LogP contribution >= 0.6 is 0 Å². The summed E-state index contributed by atoms with van der Waals surface area (Å²) in [6.45, 7) is 0. The van der Waals surface area contributed by atoms with Crippen LogP contribution in [0.5, 0.6) is 0 Å². The zero-order valence-corrected chi connectivity index (χ0v) is 10.1. The molecule has 1 aromatic rings. The SMILES string of the molecule is NC(=O)c1cccc(C(=O)NC2CC=CCC2)c1. The van der Waals surface area contributed by atoms with Crippen molar-refractivity contribution in [3.05, 3.63) is 47.5 Å². The summed E-state index contributed by atoms with van der Waals surface area (Å²) in [6, 6.07) is 6.65. The van der Waals surface area contributed by atoms with Gasteiger partial charge in [0.1, 0.15) is 0 Å². The summed E-state index contributed by atoms with van der Waals surface area (Å²) in [6.07, 6.45) is 7.01. The van der Waals surface area contributed by atoms with Gasteiger partial charge in [-0.1, -0.05) is 18.2 Å². The lowest BCUT2D eigenvalue weighted by atomic mass is 10.0. The molecule has 1 unspecified atom stereocenters. The molecule has 0 aromatic heterocycles. The van der Waals surface area contributed by atoms with E-state index in [2.05, 4.69) is 17.5 Å². The Bertz CT molecular complexity index is 494. The van der Waals surface area contributed by atoms with Crippen molar-refractivity contribution in [2.45, 2.75) is 25.3 Å². The lowest BCUT2D eigenvalue weighted by Crippen LogP contribution is -2.35. The summed E-state index contributed by atoms with van der Waals surface area (Å²) in [7, 11) is 0. The molecular formula is C14H16N2O2. The van der Waals surface area contributed by atoms with Gasteiger partial charge in [-0.2, -0.15) is 0 Å². The molecule has 1 aliphatic carbocycles. The average molecular weight is 244 g/mol. The molecule has 2 rings (SSSR count). The molecule has 4 nitrogen and oxygen atoms in total. The average Bonchev–Trinajstić information content (AvgIpc) is 2.40. The van der Waals surface area contributed by atoms with E-state index in [-0.39, 0.29) is 11.9 Å². The Morgan fingerprint density at radius 3 is 2.67 bits per heavy atom. The monoisotopic (exact) mass is 244 g/mol. The fourth-order valence-electron chi connectivity index (χ4n) is 2.01. The number of hydrogen-bond acceptors (Lipinski definition) is 2. The number of benzene rings is 1.